The number of carbonyl (C=O) groups is 1. The molecule has 5 heteroatoms. The minimum Gasteiger partial charge on any atom is -0.496 e. The Labute approximate surface area is 134 Å². The molecule has 1 aliphatic rings. The van der Waals surface area contributed by atoms with Crippen molar-refractivity contribution in [3.63, 3.8) is 0 Å². The Morgan fingerprint density at radius 2 is 1.86 bits per heavy atom. The molecule has 0 radical (unpaired) electrons. The van der Waals surface area contributed by atoms with Crippen molar-refractivity contribution in [2.75, 3.05) is 20.8 Å². The van der Waals surface area contributed by atoms with Gasteiger partial charge < -0.3 is 14.8 Å². The summed E-state index contributed by atoms with van der Waals surface area (Å²) in [6.07, 6.45) is 4.83. The molecule has 1 fully saturated rings. The van der Waals surface area contributed by atoms with E-state index in [1.807, 2.05) is 6.07 Å². The third-order valence-corrected chi connectivity index (χ3v) is 5.20. The topological polar surface area (TPSA) is 47.6 Å². The largest absolute Gasteiger partial charge is 0.496 e. The van der Waals surface area contributed by atoms with Crippen LogP contribution in [0, 0.1) is 5.92 Å². The maximum Gasteiger partial charge on any atom is 0.258 e. The Morgan fingerprint density at radius 3 is 2.43 bits per heavy atom. The summed E-state index contributed by atoms with van der Waals surface area (Å²) >= 11 is 3.72. The third-order valence-electron chi connectivity index (χ3n) is 4.00. The molecule has 2 atom stereocenters. The van der Waals surface area contributed by atoms with Crippen LogP contribution in [0.4, 0.5) is 0 Å². The monoisotopic (exact) mass is 355 g/mol. The third kappa shape index (κ3) is 3.90. The number of halogens is 1. The van der Waals surface area contributed by atoms with Crippen LogP contribution in [0.2, 0.25) is 0 Å². The molecule has 1 amide bonds. The zero-order chi connectivity index (χ0) is 15.2. The van der Waals surface area contributed by atoms with Gasteiger partial charge in [-0.2, -0.15) is 0 Å². The molecule has 0 aromatic heterocycles. The average molecular weight is 356 g/mol. The fourth-order valence-corrected chi connectivity index (χ4v) is 3.55. The predicted octanol–water partition coefficient (Wildman–Crippen LogP) is 3.39. The number of alkyl halides is 1. The van der Waals surface area contributed by atoms with Gasteiger partial charge in [-0.15, -0.1) is 0 Å². The van der Waals surface area contributed by atoms with Crippen LogP contribution in [0.3, 0.4) is 0 Å². The summed E-state index contributed by atoms with van der Waals surface area (Å²) in [5, 5.41) is 3.02. The molecule has 0 bridgehead atoms. The first-order valence-corrected chi connectivity index (χ1v) is 8.22. The zero-order valence-electron chi connectivity index (χ0n) is 12.5. The van der Waals surface area contributed by atoms with Crippen LogP contribution in [-0.4, -0.2) is 31.5 Å². The van der Waals surface area contributed by atoms with Gasteiger partial charge >= 0.3 is 0 Å². The fraction of sp³-hybridized carbons (Fsp3) is 0.562. The highest BCUT2D eigenvalue weighted by Crippen LogP contribution is 2.31. The van der Waals surface area contributed by atoms with Crippen LogP contribution >= 0.6 is 15.9 Å². The normalized spacial score (nSPS) is 21.7. The number of amides is 1. The molecule has 116 valence electrons. The molecule has 1 N–H and O–H groups in total. The smallest absolute Gasteiger partial charge is 0.258 e. The summed E-state index contributed by atoms with van der Waals surface area (Å²) in [7, 11) is 3.11. The molecular formula is C16H22BrNO3. The first-order chi connectivity index (χ1) is 10.2. The molecule has 1 saturated carbocycles. The number of hydrogen-bond donors (Lipinski definition) is 1. The number of methoxy groups -OCH3 is 2. The molecule has 21 heavy (non-hydrogen) atoms. The maximum absolute atomic E-state index is 12.5. The van der Waals surface area contributed by atoms with Gasteiger partial charge in [0.05, 0.1) is 14.2 Å². The van der Waals surface area contributed by atoms with Gasteiger partial charge in [0.2, 0.25) is 0 Å². The first-order valence-electron chi connectivity index (χ1n) is 7.30. The number of ether oxygens (including phenoxy) is 2. The Kier molecular flexibility index (Phi) is 5.91. The summed E-state index contributed by atoms with van der Waals surface area (Å²) < 4.78 is 10.5. The van der Waals surface area contributed by atoms with Gasteiger partial charge in [-0.3, -0.25) is 4.79 Å². The van der Waals surface area contributed by atoms with Crippen LogP contribution in [0.15, 0.2) is 18.2 Å². The highest BCUT2D eigenvalue weighted by atomic mass is 79.9. The molecule has 0 spiro atoms. The quantitative estimate of drug-likeness (QED) is 0.823. The van der Waals surface area contributed by atoms with E-state index in [1.54, 1.807) is 26.4 Å². The number of benzene rings is 1. The van der Waals surface area contributed by atoms with E-state index in [2.05, 4.69) is 21.2 Å². The lowest BCUT2D eigenvalue weighted by atomic mass is 9.89. The van der Waals surface area contributed by atoms with E-state index >= 15 is 0 Å². The Bertz CT molecular complexity index is 470. The van der Waals surface area contributed by atoms with Crippen molar-refractivity contribution in [2.45, 2.75) is 30.5 Å². The van der Waals surface area contributed by atoms with Crippen molar-refractivity contribution in [2.24, 2.45) is 5.92 Å². The second kappa shape index (κ2) is 7.69. The van der Waals surface area contributed by atoms with Crippen LogP contribution < -0.4 is 14.8 Å². The van der Waals surface area contributed by atoms with Gasteiger partial charge in [0.15, 0.2) is 0 Å². The van der Waals surface area contributed by atoms with E-state index < -0.39 is 0 Å². The Hall–Kier alpha value is -1.23. The standard InChI is InChI=1S/C16H22BrNO3/c1-20-13-8-5-9-14(21-2)15(13)16(19)18-10-11-6-3-4-7-12(11)17/h5,8-9,11-12H,3-4,6-7,10H2,1-2H3,(H,18,19). The summed E-state index contributed by atoms with van der Waals surface area (Å²) in [4.78, 5) is 13.0. The molecule has 2 rings (SSSR count). The van der Waals surface area contributed by atoms with E-state index in [9.17, 15) is 4.79 Å². The molecule has 2 unspecified atom stereocenters. The lowest BCUT2D eigenvalue weighted by Crippen LogP contribution is -2.34. The molecule has 0 heterocycles. The van der Waals surface area contributed by atoms with Gasteiger partial charge in [0, 0.05) is 11.4 Å². The maximum atomic E-state index is 12.5. The van der Waals surface area contributed by atoms with Crippen molar-refractivity contribution in [3.8, 4) is 11.5 Å². The SMILES string of the molecule is COc1cccc(OC)c1C(=O)NCC1CCCCC1Br. The lowest BCUT2D eigenvalue weighted by Gasteiger charge is -2.27. The zero-order valence-corrected chi connectivity index (χ0v) is 14.1. The van der Waals surface area contributed by atoms with E-state index in [0.29, 0.717) is 34.4 Å². The second-order valence-electron chi connectivity index (χ2n) is 5.31. The summed E-state index contributed by atoms with van der Waals surface area (Å²) in [6.45, 7) is 0.677. The van der Waals surface area contributed by atoms with E-state index in [-0.39, 0.29) is 5.91 Å². The van der Waals surface area contributed by atoms with Gasteiger partial charge in [-0.05, 0) is 30.9 Å². The molecule has 1 aliphatic carbocycles. The van der Waals surface area contributed by atoms with Crippen molar-refractivity contribution in [1.82, 2.24) is 5.32 Å². The first kappa shape index (κ1) is 16.1. The minimum atomic E-state index is -0.144. The number of carbonyl (C=O) groups excluding carboxylic acids is 1. The van der Waals surface area contributed by atoms with Crippen molar-refractivity contribution in [1.29, 1.82) is 0 Å². The molecule has 0 saturated heterocycles. The predicted molar refractivity (Wildman–Crippen MR) is 86.6 cm³/mol. The number of rotatable bonds is 5. The summed E-state index contributed by atoms with van der Waals surface area (Å²) in [6, 6.07) is 5.35. The lowest BCUT2D eigenvalue weighted by molar-refractivity contribution is 0.0938. The van der Waals surface area contributed by atoms with Crippen LogP contribution in [0.5, 0.6) is 11.5 Å². The van der Waals surface area contributed by atoms with Crippen LogP contribution in [0.1, 0.15) is 36.0 Å². The summed E-state index contributed by atoms with van der Waals surface area (Å²) in [5.74, 6) is 1.41. The number of hydrogen-bond acceptors (Lipinski definition) is 3. The van der Waals surface area contributed by atoms with Crippen LogP contribution in [-0.2, 0) is 0 Å². The highest BCUT2D eigenvalue weighted by Gasteiger charge is 2.24. The molecular weight excluding hydrogens is 334 g/mol. The second-order valence-corrected chi connectivity index (χ2v) is 6.48. The van der Waals surface area contributed by atoms with E-state index in [0.717, 1.165) is 6.42 Å². The van der Waals surface area contributed by atoms with Gasteiger partial charge in [0.1, 0.15) is 17.1 Å². The fourth-order valence-electron chi connectivity index (χ4n) is 2.78. The highest BCUT2D eigenvalue weighted by molar-refractivity contribution is 9.09. The van der Waals surface area contributed by atoms with Crippen molar-refractivity contribution >= 4 is 21.8 Å². The van der Waals surface area contributed by atoms with Crippen molar-refractivity contribution in [3.05, 3.63) is 23.8 Å². The van der Waals surface area contributed by atoms with Gasteiger partial charge in [-0.1, -0.05) is 34.8 Å². The number of nitrogens with one attached hydrogen (secondary N) is 1. The van der Waals surface area contributed by atoms with Crippen LogP contribution in [0.25, 0.3) is 0 Å². The van der Waals surface area contributed by atoms with Gasteiger partial charge in [-0.25, -0.2) is 0 Å². The molecule has 1 aromatic carbocycles. The van der Waals surface area contributed by atoms with E-state index in [1.165, 1.54) is 19.3 Å². The van der Waals surface area contributed by atoms with Gasteiger partial charge in [0.25, 0.3) is 5.91 Å². The molecule has 4 nitrogen and oxygen atoms in total. The molecule has 0 aliphatic heterocycles. The van der Waals surface area contributed by atoms with Crippen molar-refractivity contribution < 1.29 is 14.3 Å². The summed E-state index contributed by atoms with van der Waals surface area (Å²) in [5.41, 5.74) is 0.462. The average Bonchev–Trinajstić information content (AvgIpc) is 2.52. The minimum absolute atomic E-state index is 0.144. The molecule has 1 aromatic rings. The van der Waals surface area contributed by atoms with E-state index in [4.69, 9.17) is 9.47 Å². The Balaban J connectivity index is 2.06. The Morgan fingerprint density at radius 1 is 1.24 bits per heavy atom.